The highest BCUT2D eigenvalue weighted by Gasteiger charge is 2.33. The predicted octanol–water partition coefficient (Wildman–Crippen LogP) is 3.17. The summed E-state index contributed by atoms with van der Waals surface area (Å²) in [5, 5.41) is 3.99. The van der Waals surface area contributed by atoms with E-state index in [2.05, 4.69) is 5.10 Å². The Kier molecular flexibility index (Phi) is 3.99. The van der Waals surface area contributed by atoms with E-state index in [0.29, 0.717) is 12.3 Å². The summed E-state index contributed by atoms with van der Waals surface area (Å²) in [6.45, 7) is 2.38. The number of nitrogens with two attached hydrogens (primary N) is 1. The third-order valence-electron chi connectivity index (χ3n) is 2.78. The van der Waals surface area contributed by atoms with Gasteiger partial charge in [-0.1, -0.05) is 6.07 Å². The van der Waals surface area contributed by atoms with Crippen LogP contribution in [0.5, 0.6) is 11.5 Å². The van der Waals surface area contributed by atoms with Gasteiger partial charge < -0.3 is 10.5 Å². The van der Waals surface area contributed by atoms with Gasteiger partial charge in [-0.05, 0) is 24.6 Å². The highest BCUT2D eigenvalue weighted by Crippen LogP contribution is 2.35. The van der Waals surface area contributed by atoms with E-state index in [1.165, 1.54) is 18.3 Å². The molecule has 108 valence electrons. The number of aryl methyl sites for hydroxylation is 1. The normalized spacial score (nSPS) is 11.7. The number of hydrogen-bond donors (Lipinski definition) is 1. The molecule has 1 aromatic heterocycles. The Labute approximate surface area is 114 Å². The van der Waals surface area contributed by atoms with Crippen LogP contribution in [-0.2, 0) is 19.3 Å². The molecule has 0 aliphatic carbocycles. The molecule has 2 N–H and O–H groups in total. The third kappa shape index (κ3) is 3.11. The number of hydrogen-bond acceptors (Lipinski definition) is 3. The van der Waals surface area contributed by atoms with Gasteiger partial charge in [0.2, 0.25) is 0 Å². The van der Waals surface area contributed by atoms with Gasteiger partial charge in [-0.2, -0.15) is 18.3 Å². The summed E-state index contributed by atoms with van der Waals surface area (Å²) < 4.78 is 45.6. The topological polar surface area (TPSA) is 53.1 Å². The molecule has 0 aliphatic rings. The van der Waals surface area contributed by atoms with Crippen LogP contribution in [0, 0.1) is 0 Å². The fraction of sp³-hybridized carbons (Fsp3) is 0.308. The van der Waals surface area contributed by atoms with Crippen LogP contribution in [0.1, 0.15) is 18.1 Å². The minimum Gasteiger partial charge on any atom is -0.454 e. The monoisotopic (exact) mass is 285 g/mol. The molecule has 20 heavy (non-hydrogen) atoms. The molecule has 2 aromatic rings. The smallest absolute Gasteiger partial charge is 0.416 e. The van der Waals surface area contributed by atoms with E-state index in [1.54, 1.807) is 10.9 Å². The largest absolute Gasteiger partial charge is 0.454 e. The molecule has 4 nitrogen and oxygen atoms in total. The number of halogens is 3. The molecule has 0 fully saturated rings. The Morgan fingerprint density at radius 1 is 1.30 bits per heavy atom. The van der Waals surface area contributed by atoms with Crippen LogP contribution in [-0.4, -0.2) is 9.78 Å². The van der Waals surface area contributed by atoms with E-state index >= 15 is 0 Å². The van der Waals surface area contributed by atoms with Crippen LogP contribution >= 0.6 is 0 Å². The van der Waals surface area contributed by atoms with Crippen molar-refractivity contribution in [3.05, 3.63) is 41.7 Å². The minimum atomic E-state index is -4.46. The molecule has 0 amide bonds. The molecule has 0 saturated carbocycles. The Morgan fingerprint density at radius 3 is 2.60 bits per heavy atom. The van der Waals surface area contributed by atoms with Crippen LogP contribution in [0.15, 0.2) is 30.6 Å². The molecular weight excluding hydrogens is 271 g/mol. The number of rotatable bonds is 4. The van der Waals surface area contributed by atoms with E-state index in [4.69, 9.17) is 10.5 Å². The summed E-state index contributed by atoms with van der Waals surface area (Å²) in [6.07, 6.45) is -1.39. The van der Waals surface area contributed by atoms with Gasteiger partial charge in [0.15, 0.2) is 5.75 Å². The maximum atomic E-state index is 12.9. The van der Waals surface area contributed by atoms with Gasteiger partial charge in [-0.25, -0.2) is 0 Å². The Hall–Kier alpha value is -2.02. The van der Waals surface area contributed by atoms with E-state index < -0.39 is 11.7 Å². The first-order valence-corrected chi connectivity index (χ1v) is 6.04. The number of aromatic nitrogens is 2. The number of nitrogens with zero attached hydrogens (tertiary/aromatic N) is 2. The first-order chi connectivity index (χ1) is 9.44. The summed E-state index contributed by atoms with van der Waals surface area (Å²) in [5.41, 5.74) is 4.58. The molecular formula is C13H14F3N3O. The van der Waals surface area contributed by atoms with Crippen molar-refractivity contribution in [3.63, 3.8) is 0 Å². The first kappa shape index (κ1) is 14.4. The third-order valence-corrected chi connectivity index (χ3v) is 2.78. The molecule has 0 radical (unpaired) electrons. The molecule has 0 unspecified atom stereocenters. The van der Waals surface area contributed by atoms with E-state index in [1.807, 2.05) is 6.92 Å². The van der Waals surface area contributed by atoms with Crippen molar-refractivity contribution in [3.8, 4) is 11.5 Å². The molecule has 0 spiro atoms. The Bertz CT molecular complexity index is 593. The van der Waals surface area contributed by atoms with Crippen molar-refractivity contribution in [1.82, 2.24) is 9.78 Å². The zero-order valence-corrected chi connectivity index (χ0v) is 10.8. The highest BCUT2D eigenvalue weighted by atomic mass is 19.4. The second-order valence-corrected chi connectivity index (χ2v) is 4.15. The second-order valence-electron chi connectivity index (χ2n) is 4.15. The summed E-state index contributed by atoms with van der Waals surface area (Å²) in [6, 6.07) is 3.73. The molecule has 0 atom stereocenters. The van der Waals surface area contributed by atoms with Crippen molar-refractivity contribution >= 4 is 0 Å². The van der Waals surface area contributed by atoms with Crippen LogP contribution in [0.4, 0.5) is 13.2 Å². The average Bonchev–Trinajstić information content (AvgIpc) is 2.85. The lowest BCUT2D eigenvalue weighted by atomic mass is 10.1. The van der Waals surface area contributed by atoms with Gasteiger partial charge in [0.1, 0.15) is 5.75 Å². The molecule has 1 aromatic carbocycles. The van der Waals surface area contributed by atoms with Crippen LogP contribution in [0.25, 0.3) is 0 Å². The van der Waals surface area contributed by atoms with Crippen molar-refractivity contribution in [2.45, 2.75) is 26.2 Å². The lowest BCUT2D eigenvalue weighted by Gasteiger charge is -2.13. The summed E-state index contributed by atoms with van der Waals surface area (Å²) in [7, 11) is 0. The molecule has 1 heterocycles. The maximum absolute atomic E-state index is 12.9. The van der Waals surface area contributed by atoms with Gasteiger partial charge in [-0.3, -0.25) is 4.68 Å². The lowest BCUT2D eigenvalue weighted by Crippen LogP contribution is -2.11. The van der Waals surface area contributed by atoms with Crippen molar-refractivity contribution in [1.29, 1.82) is 0 Å². The number of ether oxygens (including phenoxy) is 1. The molecule has 7 heteroatoms. The molecule has 0 saturated heterocycles. The van der Waals surface area contributed by atoms with Crippen LogP contribution in [0.2, 0.25) is 0 Å². The van der Waals surface area contributed by atoms with Crippen LogP contribution in [0.3, 0.4) is 0 Å². The van der Waals surface area contributed by atoms with E-state index in [0.717, 1.165) is 6.07 Å². The van der Waals surface area contributed by atoms with E-state index in [-0.39, 0.29) is 17.9 Å². The van der Waals surface area contributed by atoms with Crippen molar-refractivity contribution in [2.24, 2.45) is 5.73 Å². The first-order valence-electron chi connectivity index (χ1n) is 6.04. The SMILES string of the molecule is CCn1cc(Oc2ccc(CN)c(C(F)(F)F)c2)cn1. The quantitative estimate of drug-likeness (QED) is 0.938. The van der Waals surface area contributed by atoms with Gasteiger partial charge in [0.05, 0.1) is 18.0 Å². The lowest BCUT2D eigenvalue weighted by molar-refractivity contribution is -0.138. The van der Waals surface area contributed by atoms with Gasteiger partial charge >= 0.3 is 6.18 Å². The van der Waals surface area contributed by atoms with Crippen molar-refractivity contribution in [2.75, 3.05) is 0 Å². The van der Waals surface area contributed by atoms with E-state index in [9.17, 15) is 13.2 Å². The van der Waals surface area contributed by atoms with Gasteiger partial charge in [-0.15, -0.1) is 0 Å². The minimum absolute atomic E-state index is 0.0362. The molecule has 2 rings (SSSR count). The highest BCUT2D eigenvalue weighted by molar-refractivity contribution is 5.39. The maximum Gasteiger partial charge on any atom is 0.416 e. The fourth-order valence-electron chi connectivity index (χ4n) is 1.77. The summed E-state index contributed by atoms with van der Waals surface area (Å²) in [4.78, 5) is 0. The Morgan fingerprint density at radius 2 is 2.05 bits per heavy atom. The number of alkyl halides is 3. The number of benzene rings is 1. The average molecular weight is 285 g/mol. The molecule has 0 aliphatic heterocycles. The Balaban J connectivity index is 2.29. The fourth-order valence-corrected chi connectivity index (χ4v) is 1.77. The summed E-state index contributed by atoms with van der Waals surface area (Å²) in [5.74, 6) is 0.491. The zero-order chi connectivity index (χ0) is 14.8. The second kappa shape index (κ2) is 5.54. The van der Waals surface area contributed by atoms with Gasteiger partial charge in [0.25, 0.3) is 0 Å². The molecule has 0 bridgehead atoms. The van der Waals surface area contributed by atoms with Crippen LogP contribution < -0.4 is 10.5 Å². The standard InChI is InChI=1S/C13H14F3N3O/c1-2-19-8-11(7-18-19)20-10-4-3-9(6-17)12(5-10)13(14,15)16/h3-5,7-8H,2,6,17H2,1H3. The summed E-state index contributed by atoms with van der Waals surface area (Å²) >= 11 is 0. The van der Waals surface area contributed by atoms with Gasteiger partial charge in [0, 0.05) is 13.1 Å². The van der Waals surface area contributed by atoms with Crippen molar-refractivity contribution < 1.29 is 17.9 Å². The predicted molar refractivity (Wildman–Crippen MR) is 67.3 cm³/mol. The zero-order valence-electron chi connectivity index (χ0n) is 10.8.